The van der Waals surface area contributed by atoms with Gasteiger partial charge in [-0.3, -0.25) is 0 Å². The van der Waals surface area contributed by atoms with Crippen LogP contribution in [0.4, 0.5) is 0 Å². The summed E-state index contributed by atoms with van der Waals surface area (Å²) in [5, 5.41) is 0. The van der Waals surface area contributed by atoms with Crippen LogP contribution >= 0.6 is 0 Å². The third kappa shape index (κ3) is 2.49. The van der Waals surface area contributed by atoms with Crippen LogP contribution < -0.4 is 4.57 Å². The highest BCUT2D eigenvalue weighted by molar-refractivity contribution is 5.71. The fraction of sp³-hybridized carbons (Fsp3) is 0.320. The molecular formula is C25H26N+. The molecule has 3 aromatic rings. The molecule has 3 aliphatic carbocycles. The Hall–Kier alpha value is -2.41. The van der Waals surface area contributed by atoms with Crippen molar-refractivity contribution in [3.63, 3.8) is 0 Å². The SMILES string of the molecule is Cc1cc2c(cc1-c1cc(-c3ccccc3)cc[n+]1C)C1CCC2CC1. The smallest absolute Gasteiger partial charge is 0.201 e. The van der Waals surface area contributed by atoms with Crippen molar-refractivity contribution in [3.05, 3.63) is 77.5 Å². The molecule has 1 heterocycles. The summed E-state index contributed by atoms with van der Waals surface area (Å²) in [6.45, 7) is 2.28. The Balaban J connectivity index is 1.66. The van der Waals surface area contributed by atoms with Gasteiger partial charge in [-0.05, 0) is 78.3 Å². The van der Waals surface area contributed by atoms with Gasteiger partial charge < -0.3 is 0 Å². The number of benzene rings is 2. The molecule has 0 saturated heterocycles. The lowest BCUT2D eigenvalue weighted by molar-refractivity contribution is -0.660. The summed E-state index contributed by atoms with van der Waals surface area (Å²) in [4.78, 5) is 0. The summed E-state index contributed by atoms with van der Waals surface area (Å²) in [7, 11) is 2.16. The van der Waals surface area contributed by atoms with Crippen LogP contribution in [-0.2, 0) is 7.05 Å². The van der Waals surface area contributed by atoms with E-state index in [1.807, 2.05) is 0 Å². The van der Waals surface area contributed by atoms with Gasteiger partial charge in [0.15, 0.2) is 6.20 Å². The van der Waals surface area contributed by atoms with Gasteiger partial charge in [0.05, 0.1) is 0 Å². The van der Waals surface area contributed by atoms with Gasteiger partial charge in [-0.25, -0.2) is 4.57 Å². The van der Waals surface area contributed by atoms with Crippen LogP contribution in [0.1, 0.15) is 54.2 Å². The van der Waals surface area contributed by atoms with Crippen LogP contribution in [0.15, 0.2) is 60.8 Å². The van der Waals surface area contributed by atoms with Crippen molar-refractivity contribution < 1.29 is 4.57 Å². The average Bonchev–Trinajstić information content (AvgIpc) is 2.70. The summed E-state index contributed by atoms with van der Waals surface area (Å²) in [6, 6.07) is 20.3. The Kier molecular flexibility index (Phi) is 3.70. The third-order valence-electron chi connectivity index (χ3n) is 6.57. The first-order valence-electron chi connectivity index (χ1n) is 9.90. The van der Waals surface area contributed by atoms with Crippen molar-refractivity contribution in [3.8, 4) is 22.4 Å². The molecule has 2 bridgehead atoms. The molecule has 0 unspecified atom stereocenters. The number of hydrogen-bond donors (Lipinski definition) is 0. The summed E-state index contributed by atoms with van der Waals surface area (Å²) >= 11 is 0. The van der Waals surface area contributed by atoms with Crippen LogP contribution in [0.5, 0.6) is 0 Å². The Morgan fingerprint density at radius 2 is 1.42 bits per heavy atom. The number of nitrogens with zero attached hydrogens (tertiary/aromatic N) is 1. The monoisotopic (exact) mass is 340 g/mol. The molecule has 130 valence electrons. The molecule has 0 radical (unpaired) electrons. The minimum atomic E-state index is 0.789. The molecule has 0 spiro atoms. The maximum absolute atomic E-state index is 2.52. The van der Waals surface area contributed by atoms with E-state index in [0.717, 1.165) is 11.8 Å². The number of fused-ring (bicyclic) bond motifs is 2. The number of pyridine rings is 1. The molecule has 2 aromatic carbocycles. The van der Waals surface area contributed by atoms with Crippen molar-refractivity contribution in [2.45, 2.75) is 44.4 Å². The van der Waals surface area contributed by atoms with Gasteiger partial charge >= 0.3 is 0 Å². The van der Waals surface area contributed by atoms with Gasteiger partial charge in [-0.15, -0.1) is 0 Å². The van der Waals surface area contributed by atoms with Crippen molar-refractivity contribution in [2.75, 3.05) is 0 Å². The van der Waals surface area contributed by atoms with E-state index < -0.39 is 0 Å². The summed E-state index contributed by atoms with van der Waals surface area (Å²) in [5.74, 6) is 1.60. The summed E-state index contributed by atoms with van der Waals surface area (Å²) in [5.41, 5.74) is 9.98. The second kappa shape index (κ2) is 6.09. The van der Waals surface area contributed by atoms with Crippen LogP contribution in [0.3, 0.4) is 0 Å². The van der Waals surface area contributed by atoms with Crippen LogP contribution in [-0.4, -0.2) is 0 Å². The minimum absolute atomic E-state index is 0.789. The normalized spacial score (nSPS) is 20.8. The van der Waals surface area contributed by atoms with Crippen molar-refractivity contribution in [2.24, 2.45) is 7.05 Å². The van der Waals surface area contributed by atoms with Crippen LogP contribution in [0.25, 0.3) is 22.4 Å². The fourth-order valence-electron chi connectivity index (χ4n) is 5.09. The lowest BCUT2D eigenvalue weighted by Crippen LogP contribution is -2.31. The highest BCUT2D eigenvalue weighted by atomic mass is 14.9. The Morgan fingerprint density at radius 3 is 2.12 bits per heavy atom. The maximum atomic E-state index is 2.52. The number of aryl methyl sites for hydroxylation is 2. The minimum Gasteiger partial charge on any atom is -0.201 e. The van der Waals surface area contributed by atoms with E-state index >= 15 is 0 Å². The highest BCUT2D eigenvalue weighted by Gasteiger charge is 2.33. The lowest BCUT2D eigenvalue weighted by Gasteiger charge is -2.38. The van der Waals surface area contributed by atoms with E-state index in [1.54, 1.807) is 11.1 Å². The Morgan fingerprint density at radius 1 is 0.769 bits per heavy atom. The van der Waals surface area contributed by atoms with E-state index in [2.05, 4.69) is 79.3 Å². The molecule has 1 fully saturated rings. The zero-order valence-electron chi connectivity index (χ0n) is 15.7. The Bertz CT molecular complexity index is 963. The van der Waals surface area contributed by atoms with Gasteiger partial charge in [0, 0.05) is 17.7 Å². The van der Waals surface area contributed by atoms with E-state index in [1.165, 1.54) is 53.6 Å². The largest absolute Gasteiger partial charge is 0.213 e. The summed E-state index contributed by atoms with van der Waals surface area (Å²) < 4.78 is 2.27. The second-order valence-corrected chi connectivity index (χ2v) is 8.12. The first kappa shape index (κ1) is 15.8. The molecule has 1 heteroatoms. The predicted molar refractivity (Wildman–Crippen MR) is 107 cm³/mol. The molecule has 1 saturated carbocycles. The molecule has 0 atom stereocenters. The standard InChI is InChI=1S/C25H26N/c1-17-14-23-19-8-10-20(11-9-19)24(23)16-22(17)25-15-21(12-13-26(25)2)18-6-4-3-5-7-18/h3-7,12-16,19-20H,8-11H2,1-2H3/q+1. The zero-order chi connectivity index (χ0) is 17.7. The quantitative estimate of drug-likeness (QED) is 0.511. The van der Waals surface area contributed by atoms with Crippen molar-refractivity contribution in [1.82, 2.24) is 0 Å². The van der Waals surface area contributed by atoms with Crippen LogP contribution in [0.2, 0.25) is 0 Å². The number of rotatable bonds is 2. The molecule has 0 aliphatic heterocycles. The first-order valence-corrected chi connectivity index (χ1v) is 9.90. The molecule has 1 nitrogen and oxygen atoms in total. The molecule has 1 aromatic heterocycles. The number of hydrogen-bond acceptors (Lipinski definition) is 0. The highest BCUT2D eigenvalue weighted by Crippen LogP contribution is 2.50. The van der Waals surface area contributed by atoms with E-state index in [0.29, 0.717) is 0 Å². The molecular weight excluding hydrogens is 314 g/mol. The van der Waals surface area contributed by atoms with Crippen molar-refractivity contribution >= 4 is 0 Å². The second-order valence-electron chi connectivity index (χ2n) is 8.12. The zero-order valence-corrected chi connectivity index (χ0v) is 15.7. The van der Waals surface area contributed by atoms with Gasteiger partial charge in [0.2, 0.25) is 5.69 Å². The summed E-state index contributed by atoms with van der Waals surface area (Å²) in [6.07, 6.45) is 7.76. The first-order chi connectivity index (χ1) is 12.7. The number of aromatic nitrogens is 1. The molecule has 0 amide bonds. The molecule has 0 N–H and O–H groups in total. The van der Waals surface area contributed by atoms with E-state index in [4.69, 9.17) is 0 Å². The fourth-order valence-corrected chi connectivity index (χ4v) is 5.09. The lowest BCUT2D eigenvalue weighted by atomic mass is 9.66. The Labute approximate surface area is 156 Å². The van der Waals surface area contributed by atoms with Gasteiger partial charge in [0.25, 0.3) is 0 Å². The van der Waals surface area contributed by atoms with Gasteiger partial charge in [-0.1, -0.05) is 36.4 Å². The predicted octanol–water partition coefficient (Wildman–Crippen LogP) is 5.91. The van der Waals surface area contributed by atoms with Gasteiger partial charge in [0.1, 0.15) is 7.05 Å². The van der Waals surface area contributed by atoms with Crippen molar-refractivity contribution in [1.29, 1.82) is 0 Å². The van der Waals surface area contributed by atoms with E-state index in [9.17, 15) is 0 Å². The maximum Gasteiger partial charge on any atom is 0.213 e. The van der Waals surface area contributed by atoms with E-state index in [-0.39, 0.29) is 0 Å². The molecule has 3 aliphatic rings. The third-order valence-corrected chi connectivity index (χ3v) is 6.57. The van der Waals surface area contributed by atoms with Gasteiger partial charge in [-0.2, -0.15) is 0 Å². The topological polar surface area (TPSA) is 3.88 Å². The molecule has 6 rings (SSSR count). The molecule has 26 heavy (non-hydrogen) atoms. The van der Waals surface area contributed by atoms with Crippen LogP contribution in [0, 0.1) is 6.92 Å². The average molecular weight is 340 g/mol.